The maximum absolute atomic E-state index is 3.30. The van der Waals surface area contributed by atoms with Crippen LogP contribution in [-0.4, -0.2) is 31.6 Å². The second kappa shape index (κ2) is 5.80. The lowest BCUT2D eigenvalue weighted by Crippen LogP contribution is -2.27. The number of likely N-dealkylation sites (tertiary alicyclic amines) is 1. The predicted molar refractivity (Wildman–Crippen MR) is 71.0 cm³/mol. The Hall–Kier alpha value is -0.380. The average molecular weight is 238 g/mol. The van der Waals surface area contributed by atoms with Crippen molar-refractivity contribution < 1.29 is 0 Å². The van der Waals surface area contributed by atoms with Crippen molar-refractivity contribution in [1.82, 2.24) is 10.2 Å². The van der Waals surface area contributed by atoms with Crippen LogP contribution in [0.15, 0.2) is 17.5 Å². The van der Waals surface area contributed by atoms with E-state index in [0.29, 0.717) is 6.04 Å². The van der Waals surface area contributed by atoms with Crippen LogP contribution in [0.25, 0.3) is 0 Å². The van der Waals surface area contributed by atoms with Gasteiger partial charge in [0, 0.05) is 17.5 Å². The van der Waals surface area contributed by atoms with Crippen molar-refractivity contribution in [1.29, 1.82) is 0 Å². The van der Waals surface area contributed by atoms with E-state index in [4.69, 9.17) is 0 Å². The molecule has 0 amide bonds. The molecule has 3 heteroatoms. The zero-order valence-electron chi connectivity index (χ0n) is 10.3. The fourth-order valence-electron chi connectivity index (χ4n) is 2.72. The van der Waals surface area contributed by atoms with Gasteiger partial charge in [-0.2, -0.15) is 0 Å². The van der Waals surface area contributed by atoms with Crippen LogP contribution in [0.1, 0.15) is 30.7 Å². The molecule has 90 valence electrons. The zero-order valence-corrected chi connectivity index (χ0v) is 11.1. The minimum Gasteiger partial charge on any atom is -0.319 e. The van der Waals surface area contributed by atoms with Crippen LogP contribution in [0.2, 0.25) is 0 Å². The third kappa shape index (κ3) is 2.65. The van der Waals surface area contributed by atoms with Crippen molar-refractivity contribution in [3.63, 3.8) is 0 Å². The zero-order chi connectivity index (χ0) is 11.4. The third-order valence-corrected chi connectivity index (χ3v) is 4.48. The Labute approximate surface area is 103 Å². The Morgan fingerprint density at radius 2 is 2.50 bits per heavy atom. The van der Waals surface area contributed by atoms with Crippen LogP contribution in [0, 0.1) is 5.92 Å². The molecule has 1 saturated heterocycles. The van der Waals surface area contributed by atoms with E-state index in [1.807, 2.05) is 11.3 Å². The van der Waals surface area contributed by atoms with E-state index in [1.165, 1.54) is 30.8 Å². The van der Waals surface area contributed by atoms with Gasteiger partial charge in [-0.3, -0.25) is 4.90 Å². The highest BCUT2D eigenvalue weighted by Crippen LogP contribution is 2.32. The lowest BCUT2D eigenvalue weighted by molar-refractivity contribution is 0.233. The van der Waals surface area contributed by atoms with E-state index in [-0.39, 0.29) is 0 Å². The van der Waals surface area contributed by atoms with Gasteiger partial charge in [-0.25, -0.2) is 0 Å². The van der Waals surface area contributed by atoms with Crippen LogP contribution < -0.4 is 5.32 Å². The van der Waals surface area contributed by atoms with Gasteiger partial charge in [-0.1, -0.05) is 13.0 Å². The topological polar surface area (TPSA) is 15.3 Å². The second-order valence-electron chi connectivity index (χ2n) is 4.65. The van der Waals surface area contributed by atoms with E-state index in [1.54, 1.807) is 0 Å². The van der Waals surface area contributed by atoms with Crippen molar-refractivity contribution in [2.45, 2.75) is 25.8 Å². The Morgan fingerprint density at radius 3 is 3.12 bits per heavy atom. The van der Waals surface area contributed by atoms with Crippen molar-refractivity contribution >= 4 is 11.3 Å². The molecule has 1 aliphatic rings. The smallest absolute Gasteiger partial charge is 0.0439 e. The summed E-state index contributed by atoms with van der Waals surface area (Å²) in [7, 11) is 2.05. The van der Waals surface area contributed by atoms with E-state index in [0.717, 1.165) is 12.5 Å². The van der Waals surface area contributed by atoms with Gasteiger partial charge in [0.15, 0.2) is 0 Å². The fourth-order valence-corrected chi connectivity index (χ4v) is 3.67. The first-order valence-electron chi connectivity index (χ1n) is 6.27. The summed E-state index contributed by atoms with van der Waals surface area (Å²) in [5.74, 6) is 0.846. The quantitative estimate of drug-likeness (QED) is 0.848. The lowest BCUT2D eigenvalue weighted by Gasteiger charge is -2.26. The summed E-state index contributed by atoms with van der Waals surface area (Å²) in [6, 6.07) is 5.11. The summed E-state index contributed by atoms with van der Waals surface area (Å²) in [5.41, 5.74) is 0. The van der Waals surface area contributed by atoms with Crippen molar-refractivity contribution in [2.75, 3.05) is 26.7 Å². The maximum Gasteiger partial charge on any atom is 0.0439 e. The van der Waals surface area contributed by atoms with Crippen LogP contribution in [0.4, 0.5) is 0 Å². The highest BCUT2D eigenvalue weighted by Gasteiger charge is 2.28. The van der Waals surface area contributed by atoms with Gasteiger partial charge < -0.3 is 5.32 Å². The molecule has 2 atom stereocenters. The molecule has 2 rings (SSSR count). The number of nitrogens with one attached hydrogen (secondary N) is 1. The molecule has 1 aromatic rings. The van der Waals surface area contributed by atoms with E-state index >= 15 is 0 Å². The third-order valence-electron chi connectivity index (χ3n) is 3.51. The Balaban J connectivity index is 1.96. The normalized spacial score (nSPS) is 23.8. The molecule has 1 aliphatic heterocycles. The van der Waals surface area contributed by atoms with Gasteiger partial charge in [0.25, 0.3) is 0 Å². The predicted octanol–water partition coefficient (Wildman–Crippen LogP) is 2.74. The molecule has 0 aromatic carbocycles. The monoisotopic (exact) mass is 238 g/mol. The molecule has 0 aliphatic carbocycles. The summed E-state index contributed by atoms with van der Waals surface area (Å²) in [6.45, 7) is 5.99. The van der Waals surface area contributed by atoms with E-state index in [2.05, 4.69) is 41.7 Å². The van der Waals surface area contributed by atoms with Crippen LogP contribution in [0.3, 0.4) is 0 Å². The second-order valence-corrected chi connectivity index (χ2v) is 5.63. The largest absolute Gasteiger partial charge is 0.319 e. The van der Waals surface area contributed by atoms with Gasteiger partial charge in [0.05, 0.1) is 0 Å². The van der Waals surface area contributed by atoms with Gasteiger partial charge >= 0.3 is 0 Å². The molecule has 0 bridgehead atoms. The van der Waals surface area contributed by atoms with E-state index in [9.17, 15) is 0 Å². The minimum atomic E-state index is 0.654. The lowest BCUT2D eigenvalue weighted by atomic mass is 10.1. The molecular weight excluding hydrogens is 216 g/mol. The van der Waals surface area contributed by atoms with Crippen LogP contribution >= 0.6 is 11.3 Å². The van der Waals surface area contributed by atoms with E-state index < -0.39 is 0 Å². The van der Waals surface area contributed by atoms with Crippen molar-refractivity contribution in [2.24, 2.45) is 5.92 Å². The molecule has 2 nitrogen and oxygen atoms in total. The van der Waals surface area contributed by atoms with Gasteiger partial charge in [-0.15, -0.1) is 11.3 Å². The summed E-state index contributed by atoms with van der Waals surface area (Å²) >= 11 is 1.90. The molecule has 2 heterocycles. The van der Waals surface area contributed by atoms with Gasteiger partial charge in [0.1, 0.15) is 0 Å². The molecule has 2 unspecified atom stereocenters. The Morgan fingerprint density at radius 1 is 1.62 bits per heavy atom. The molecule has 0 spiro atoms. The Kier molecular flexibility index (Phi) is 4.38. The SMILES string of the molecule is CCC(c1cccs1)N1CCC(CNC)C1. The minimum absolute atomic E-state index is 0.654. The highest BCUT2D eigenvalue weighted by molar-refractivity contribution is 7.10. The number of thiophene rings is 1. The van der Waals surface area contributed by atoms with Gasteiger partial charge in [0.2, 0.25) is 0 Å². The average Bonchev–Trinajstić information content (AvgIpc) is 2.92. The molecule has 1 aromatic heterocycles. The molecule has 0 radical (unpaired) electrons. The molecule has 0 saturated carbocycles. The standard InChI is InChI=1S/C13H22N2S/c1-3-12(13-5-4-8-16-13)15-7-6-11(10-15)9-14-2/h4-5,8,11-12,14H,3,6-7,9-10H2,1-2H3. The molecule has 1 fully saturated rings. The number of hydrogen-bond donors (Lipinski definition) is 1. The molecular formula is C13H22N2S. The highest BCUT2D eigenvalue weighted by atomic mass is 32.1. The first kappa shape index (κ1) is 12.1. The number of nitrogens with zero attached hydrogens (tertiary/aromatic N) is 1. The number of rotatable bonds is 5. The van der Waals surface area contributed by atoms with Crippen LogP contribution in [-0.2, 0) is 0 Å². The molecule has 16 heavy (non-hydrogen) atoms. The number of hydrogen-bond acceptors (Lipinski definition) is 3. The first-order chi connectivity index (χ1) is 7.85. The summed E-state index contributed by atoms with van der Waals surface area (Å²) < 4.78 is 0. The van der Waals surface area contributed by atoms with Crippen molar-refractivity contribution in [3.05, 3.63) is 22.4 Å². The van der Waals surface area contributed by atoms with Crippen LogP contribution in [0.5, 0.6) is 0 Å². The summed E-state index contributed by atoms with van der Waals surface area (Å²) in [6.07, 6.45) is 2.58. The van der Waals surface area contributed by atoms with Gasteiger partial charge in [-0.05, 0) is 50.3 Å². The molecule has 1 N–H and O–H groups in total. The summed E-state index contributed by atoms with van der Waals surface area (Å²) in [4.78, 5) is 4.20. The fraction of sp³-hybridized carbons (Fsp3) is 0.692. The Bertz CT molecular complexity index is 297. The van der Waals surface area contributed by atoms with Crippen molar-refractivity contribution in [3.8, 4) is 0 Å². The maximum atomic E-state index is 3.30. The first-order valence-corrected chi connectivity index (χ1v) is 7.15. The summed E-state index contributed by atoms with van der Waals surface area (Å²) in [5, 5.41) is 5.49.